The molecular formula is C10H13BrN2O. The molecule has 0 bridgehead atoms. The average Bonchev–Trinajstić information content (AvgIpc) is 2.70. The molecule has 14 heavy (non-hydrogen) atoms. The molecule has 1 saturated heterocycles. The van der Waals surface area contributed by atoms with Crippen LogP contribution in [0.1, 0.15) is 24.4 Å². The van der Waals surface area contributed by atoms with Crippen LogP contribution in [0.3, 0.4) is 0 Å². The molecule has 3 nitrogen and oxygen atoms in total. The second-order valence-corrected chi connectivity index (χ2v) is 4.32. The van der Waals surface area contributed by atoms with E-state index in [-0.39, 0.29) is 0 Å². The first kappa shape index (κ1) is 9.93. The quantitative estimate of drug-likeness (QED) is 0.882. The zero-order valence-electron chi connectivity index (χ0n) is 8.09. The number of ether oxygens (including phenoxy) is 1. The number of rotatable bonds is 2. The van der Waals surface area contributed by atoms with Crippen LogP contribution in [0.5, 0.6) is 5.88 Å². The van der Waals surface area contributed by atoms with Crippen LogP contribution < -0.4 is 10.1 Å². The Balaban J connectivity index is 2.33. The predicted molar refractivity (Wildman–Crippen MR) is 58.5 cm³/mol. The molecule has 4 heteroatoms. The van der Waals surface area contributed by atoms with Gasteiger partial charge in [-0.05, 0) is 41.4 Å². The Kier molecular flexibility index (Phi) is 3.03. The number of hydrogen-bond donors (Lipinski definition) is 1. The number of methoxy groups -OCH3 is 1. The molecule has 1 aromatic heterocycles. The zero-order chi connectivity index (χ0) is 9.97. The highest BCUT2D eigenvalue weighted by Gasteiger charge is 2.20. The molecule has 1 atom stereocenters. The third kappa shape index (κ3) is 1.91. The number of hydrogen-bond acceptors (Lipinski definition) is 3. The van der Waals surface area contributed by atoms with Crippen molar-refractivity contribution in [2.75, 3.05) is 13.7 Å². The van der Waals surface area contributed by atoms with E-state index >= 15 is 0 Å². The van der Waals surface area contributed by atoms with E-state index in [1.54, 1.807) is 13.3 Å². The van der Waals surface area contributed by atoms with Gasteiger partial charge in [0, 0.05) is 22.3 Å². The highest BCUT2D eigenvalue weighted by atomic mass is 79.9. The Labute approximate surface area is 92.0 Å². The number of halogens is 1. The largest absolute Gasteiger partial charge is 0.481 e. The number of nitrogens with zero attached hydrogens (tertiary/aromatic N) is 1. The van der Waals surface area contributed by atoms with E-state index in [1.165, 1.54) is 6.42 Å². The lowest BCUT2D eigenvalue weighted by molar-refractivity contribution is 0.386. The second kappa shape index (κ2) is 4.28. The van der Waals surface area contributed by atoms with Gasteiger partial charge in [-0.15, -0.1) is 0 Å². The van der Waals surface area contributed by atoms with Gasteiger partial charge in [0.2, 0.25) is 5.88 Å². The lowest BCUT2D eigenvalue weighted by Gasteiger charge is -2.13. The van der Waals surface area contributed by atoms with Crippen molar-refractivity contribution < 1.29 is 4.74 Å². The van der Waals surface area contributed by atoms with Gasteiger partial charge in [0.05, 0.1) is 7.11 Å². The lowest BCUT2D eigenvalue weighted by Crippen LogP contribution is -2.14. The van der Waals surface area contributed by atoms with Crippen LogP contribution in [-0.4, -0.2) is 18.6 Å². The highest BCUT2D eigenvalue weighted by molar-refractivity contribution is 9.10. The molecule has 2 heterocycles. The monoisotopic (exact) mass is 256 g/mol. The summed E-state index contributed by atoms with van der Waals surface area (Å²) in [5.74, 6) is 0.729. The van der Waals surface area contributed by atoms with Gasteiger partial charge < -0.3 is 10.1 Å². The van der Waals surface area contributed by atoms with E-state index in [0.717, 1.165) is 28.9 Å². The fourth-order valence-electron chi connectivity index (χ4n) is 1.81. The summed E-state index contributed by atoms with van der Waals surface area (Å²) in [5.41, 5.74) is 1.15. The van der Waals surface area contributed by atoms with Crippen molar-refractivity contribution in [3.8, 4) is 5.88 Å². The van der Waals surface area contributed by atoms with E-state index < -0.39 is 0 Å². The van der Waals surface area contributed by atoms with E-state index in [2.05, 4.69) is 32.3 Å². The fourth-order valence-corrected chi connectivity index (χ4v) is 2.16. The van der Waals surface area contributed by atoms with Crippen LogP contribution in [0.2, 0.25) is 0 Å². The molecule has 0 spiro atoms. The summed E-state index contributed by atoms with van der Waals surface area (Å²) in [6.45, 7) is 1.08. The number of pyridine rings is 1. The Bertz CT molecular complexity index is 324. The van der Waals surface area contributed by atoms with Crippen LogP contribution in [-0.2, 0) is 0 Å². The molecule has 1 aliphatic rings. The molecule has 0 amide bonds. The summed E-state index contributed by atoms with van der Waals surface area (Å²) in [6.07, 6.45) is 4.14. The van der Waals surface area contributed by atoms with Gasteiger partial charge in [-0.2, -0.15) is 0 Å². The van der Waals surface area contributed by atoms with E-state index in [4.69, 9.17) is 4.74 Å². The second-order valence-electron chi connectivity index (χ2n) is 3.40. The summed E-state index contributed by atoms with van der Waals surface area (Å²) < 4.78 is 6.24. The minimum Gasteiger partial charge on any atom is -0.481 e. The standard InChI is InChI=1S/C10H13BrN2O/c1-14-10-8(5-7(11)6-13-10)9-3-2-4-12-9/h5-6,9,12H,2-4H2,1H3/t9-/m1/s1. The van der Waals surface area contributed by atoms with Crippen molar-refractivity contribution in [1.29, 1.82) is 0 Å². The molecule has 1 aromatic rings. The third-order valence-corrected chi connectivity index (χ3v) is 2.91. The van der Waals surface area contributed by atoms with Gasteiger partial charge in [-0.3, -0.25) is 0 Å². The minimum absolute atomic E-state index is 0.398. The molecule has 0 aliphatic carbocycles. The Morgan fingerprint density at radius 3 is 3.14 bits per heavy atom. The minimum atomic E-state index is 0.398. The Hall–Kier alpha value is -0.610. The first-order valence-corrected chi connectivity index (χ1v) is 5.53. The normalized spacial score (nSPS) is 21.1. The summed E-state index contributed by atoms with van der Waals surface area (Å²) in [7, 11) is 1.66. The van der Waals surface area contributed by atoms with Crippen molar-refractivity contribution >= 4 is 15.9 Å². The smallest absolute Gasteiger partial charge is 0.217 e. The van der Waals surface area contributed by atoms with Crippen LogP contribution in [0, 0.1) is 0 Å². The summed E-state index contributed by atoms with van der Waals surface area (Å²) >= 11 is 3.43. The SMILES string of the molecule is COc1ncc(Br)cc1[C@H]1CCCN1. The van der Waals surface area contributed by atoms with Gasteiger partial charge in [0.15, 0.2) is 0 Å². The Morgan fingerprint density at radius 2 is 2.50 bits per heavy atom. The zero-order valence-corrected chi connectivity index (χ0v) is 9.67. The number of aromatic nitrogens is 1. The van der Waals surface area contributed by atoms with Gasteiger partial charge >= 0.3 is 0 Å². The molecule has 0 aromatic carbocycles. The van der Waals surface area contributed by atoms with Gasteiger partial charge in [-0.1, -0.05) is 0 Å². The molecule has 76 valence electrons. The molecule has 1 aliphatic heterocycles. The van der Waals surface area contributed by atoms with Crippen LogP contribution in [0.15, 0.2) is 16.7 Å². The van der Waals surface area contributed by atoms with Gasteiger partial charge in [0.25, 0.3) is 0 Å². The van der Waals surface area contributed by atoms with Gasteiger partial charge in [0.1, 0.15) is 0 Å². The summed E-state index contributed by atoms with van der Waals surface area (Å²) in [4.78, 5) is 4.23. The third-order valence-electron chi connectivity index (χ3n) is 2.47. The van der Waals surface area contributed by atoms with Gasteiger partial charge in [-0.25, -0.2) is 4.98 Å². The lowest BCUT2D eigenvalue weighted by atomic mass is 10.1. The van der Waals surface area contributed by atoms with Crippen LogP contribution in [0.25, 0.3) is 0 Å². The Morgan fingerprint density at radius 1 is 1.64 bits per heavy atom. The van der Waals surface area contributed by atoms with Crippen LogP contribution >= 0.6 is 15.9 Å². The van der Waals surface area contributed by atoms with Crippen molar-refractivity contribution in [2.45, 2.75) is 18.9 Å². The molecule has 0 saturated carbocycles. The van der Waals surface area contributed by atoms with Crippen LogP contribution in [0.4, 0.5) is 0 Å². The van der Waals surface area contributed by atoms with Crippen molar-refractivity contribution in [1.82, 2.24) is 10.3 Å². The fraction of sp³-hybridized carbons (Fsp3) is 0.500. The van der Waals surface area contributed by atoms with Crippen molar-refractivity contribution in [3.05, 3.63) is 22.3 Å². The summed E-state index contributed by atoms with van der Waals surface area (Å²) in [6, 6.07) is 2.48. The van der Waals surface area contributed by atoms with Crippen molar-refractivity contribution in [3.63, 3.8) is 0 Å². The van der Waals surface area contributed by atoms with E-state index in [9.17, 15) is 0 Å². The number of nitrogens with one attached hydrogen (secondary N) is 1. The highest BCUT2D eigenvalue weighted by Crippen LogP contribution is 2.30. The molecule has 1 N–H and O–H groups in total. The maximum Gasteiger partial charge on any atom is 0.217 e. The molecule has 0 radical (unpaired) electrons. The molecule has 0 unspecified atom stereocenters. The van der Waals surface area contributed by atoms with E-state index in [1.807, 2.05) is 0 Å². The molecule has 1 fully saturated rings. The topological polar surface area (TPSA) is 34.1 Å². The van der Waals surface area contributed by atoms with E-state index in [0.29, 0.717) is 6.04 Å². The first-order chi connectivity index (χ1) is 6.81. The molecular weight excluding hydrogens is 244 g/mol. The van der Waals surface area contributed by atoms with Crippen molar-refractivity contribution in [2.24, 2.45) is 0 Å². The maximum atomic E-state index is 5.24. The maximum absolute atomic E-state index is 5.24. The molecule has 2 rings (SSSR count). The summed E-state index contributed by atoms with van der Waals surface area (Å²) in [5, 5.41) is 3.43. The average molecular weight is 257 g/mol. The predicted octanol–water partition coefficient (Wildman–Crippen LogP) is 2.28. The first-order valence-electron chi connectivity index (χ1n) is 4.74.